The maximum absolute atomic E-state index is 14.2. The summed E-state index contributed by atoms with van der Waals surface area (Å²) < 4.78 is 78.5. The molecule has 1 aliphatic carbocycles. The first kappa shape index (κ1) is 47.5. The molecule has 14 nitrogen and oxygen atoms in total. The molecule has 0 spiro atoms. The molecule has 3 aliphatic rings. The van der Waals surface area contributed by atoms with Crippen LogP contribution in [0.25, 0.3) is 33.1 Å². The molecule has 9 rings (SSSR count). The van der Waals surface area contributed by atoms with Crippen molar-refractivity contribution >= 4 is 45.6 Å². The number of imide groups is 1. The Morgan fingerprint density at radius 1 is 0.868 bits per heavy atom. The van der Waals surface area contributed by atoms with Crippen LogP contribution in [-0.2, 0) is 40.8 Å². The monoisotopic (exact) mass is 947 g/mol. The van der Waals surface area contributed by atoms with Gasteiger partial charge in [0.25, 0.3) is 5.91 Å². The molecule has 0 bridgehead atoms. The number of nitrogens with zero attached hydrogens (tertiary/aromatic N) is 5. The number of phenolic OH excluding ortho intramolecular Hbond substituents is 1. The number of carbonyl (C=O) groups excluding carboxylic acids is 3. The first-order chi connectivity index (χ1) is 32.4. The van der Waals surface area contributed by atoms with E-state index in [2.05, 4.69) is 58.1 Å². The van der Waals surface area contributed by atoms with Gasteiger partial charge in [0.05, 0.1) is 28.2 Å². The zero-order valence-corrected chi connectivity index (χ0v) is 36.7. The fraction of sp³-hybridized carbons (Fsp3) is 0.375. The molecule has 1 atom stereocenters. The number of hydrogen-bond donors (Lipinski definition) is 4. The molecule has 0 radical (unpaired) electrons. The third-order valence-electron chi connectivity index (χ3n) is 13.1. The minimum atomic E-state index is -5.08. The molecule has 1 saturated carbocycles. The molecular formula is C48H47F6N7O7. The van der Waals surface area contributed by atoms with E-state index in [0.29, 0.717) is 18.0 Å². The molecule has 68 heavy (non-hydrogen) atoms. The summed E-state index contributed by atoms with van der Waals surface area (Å²) in [4.78, 5) is 61.4. The third kappa shape index (κ3) is 10.00. The van der Waals surface area contributed by atoms with Gasteiger partial charge in [-0.15, -0.1) is 0 Å². The highest BCUT2D eigenvalue weighted by molar-refractivity contribution is 6.00. The zero-order valence-electron chi connectivity index (χ0n) is 36.7. The zero-order chi connectivity index (χ0) is 48.6. The minimum absolute atomic E-state index is 0.119. The number of amides is 3. The van der Waals surface area contributed by atoms with Crippen LogP contribution in [0, 0.1) is 23.4 Å². The molecule has 1 saturated heterocycles. The van der Waals surface area contributed by atoms with Crippen LogP contribution in [0.4, 0.5) is 26.3 Å². The summed E-state index contributed by atoms with van der Waals surface area (Å²) in [6.07, 6.45) is 3.52. The summed E-state index contributed by atoms with van der Waals surface area (Å²) in [6, 6.07) is 19.1. The number of benzene rings is 4. The van der Waals surface area contributed by atoms with Gasteiger partial charge in [-0.1, -0.05) is 30.3 Å². The quantitative estimate of drug-likeness (QED) is 0.0626. The lowest BCUT2D eigenvalue weighted by atomic mass is 9.86. The van der Waals surface area contributed by atoms with Gasteiger partial charge in [0.1, 0.15) is 6.04 Å². The molecule has 3 amide bonds. The number of hydrogen-bond acceptors (Lipinski definition) is 8. The van der Waals surface area contributed by atoms with Crippen LogP contribution in [0.1, 0.15) is 84.1 Å². The number of carboxylic acid groups (broad SMARTS) is 1. The van der Waals surface area contributed by atoms with E-state index < -0.39 is 58.8 Å². The number of aromatic hydroxyl groups is 1. The molecule has 6 aromatic rings. The largest absolute Gasteiger partial charge is 0.503 e. The Morgan fingerprint density at radius 2 is 1.59 bits per heavy atom. The van der Waals surface area contributed by atoms with Crippen molar-refractivity contribution in [3.63, 3.8) is 0 Å². The normalized spacial score (nSPS) is 18.8. The van der Waals surface area contributed by atoms with Crippen molar-refractivity contribution in [1.82, 2.24) is 34.4 Å². The number of rotatable bonds is 10. The summed E-state index contributed by atoms with van der Waals surface area (Å²) in [5, 5.41) is 27.4. The summed E-state index contributed by atoms with van der Waals surface area (Å²) in [7, 11) is 1.72. The van der Waals surface area contributed by atoms with Crippen LogP contribution < -0.4 is 16.3 Å². The second-order valence-electron chi connectivity index (χ2n) is 17.6. The molecule has 358 valence electrons. The van der Waals surface area contributed by atoms with Gasteiger partial charge >= 0.3 is 17.8 Å². The van der Waals surface area contributed by atoms with E-state index in [4.69, 9.17) is 15.0 Å². The fourth-order valence-corrected chi connectivity index (χ4v) is 9.39. The summed E-state index contributed by atoms with van der Waals surface area (Å²) in [6.45, 7) is 3.02. The molecule has 4 N–H and O–H groups in total. The number of nitrogens with one attached hydrogen (secondary N) is 2. The van der Waals surface area contributed by atoms with Gasteiger partial charge in [-0.3, -0.25) is 38.4 Å². The Labute approximate surface area is 384 Å². The predicted molar refractivity (Wildman–Crippen MR) is 236 cm³/mol. The topological polar surface area (TPSA) is 181 Å². The van der Waals surface area contributed by atoms with Crippen LogP contribution in [0.15, 0.2) is 71.7 Å². The van der Waals surface area contributed by atoms with E-state index in [1.807, 2.05) is 22.9 Å². The van der Waals surface area contributed by atoms with Gasteiger partial charge in [0, 0.05) is 44.7 Å². The van der Waals surface area contributed by atoms with Crippen LogP contribution >= 0.6 is 0 Å². The highest BCUT2D eigenvalue weighted by atomic mass is 19.4. The van der Waals surface area contributed by atoms with Crippen molar-refractivity contribution in [2.75, 3.05) is 19.6 Å². The fourth-order valence-electron chi connectivity index (χ4n) is 9.39. The number of carbonyl (C=O) groups is 4. The highest BCUT2D eigenvalue weighted by Gasteiger charge is 2.38. The first-order valence-electron chi connectivity index (χ1n) is 22.2. The van der Waals surface area contributed by atoms with Gasteiger partial charge in [-0.05, 0) is 122 Å². The van der Waals surface area contributed by atoms with E-state index in [-0.39, 0.29) is 36.5 Å². The number of aromatic nitrogens is 4. The lowest BCUT2D eigenvalue weighted by Gasteiger charge is -2.29. The Bertz CT molecular complexity index is 3010. The third-order valence-corrected chi connectivity index (χ3v) is 13.1. The summed E-state index contributed by atoms with van der Waals surface area (Å²) >= 11 is 0. The number of fused-ring (bicyclic) bond motifs is 3. The average molecular weight is 948 g/mol. The maximum Gasteiger partial charge on any atom is 0.490 e. The van der Waals surface area contributed by atoms with E-state index in [1.54, 1.807) is 11.6 Å². The maximum atomic E-state index is 14.2. The Kier molecular flexibility index (Phi) is 13.5. The number of phenols is 1. The Hall–Kier alpha value is -6.96. The van der Waals surface area contributed by atoms with Crippen molar-refractivity contribution in [3.05, 3.63) is 117 Å². The van der Waals surface area contributed by atoms with Crippen molar-refractivity contribution < 1.29 is 55.7 Å². The molecule has 0 unspecified atom stereocenters. The number of aryl methyl sites for hydroxylation is 2. The average Bonchev–Trinajstić information content (AvgIpc) is 3.85. The number of halogens is 6. The SMILES string of the molecule is Cn1c(=O)n([C@@H]2CCC(=O)NC2=O)c2ccc(CCCN3CCc4ccc(-c5ccc6cn(C7CCC(CNC(=O)c8cc(F)c(O)c(F)c8F)CC7)nc6c5)cc4C3)cc21.O=C(O)C(F)(F)F. The second kappa shape index (κ2) is 19.3. The first-order valence-corrected chi connectivity index (χ1v) is 22.2. The molecule has 2 aliphatic heterocycles. The van der Waals surface area contributed by atoms with Crippen LogP contribution in [0.3, 0.4) is 0 Å². The van der Waals surface area contributed by atoms with E-state index in [0.717, 1.165) is 97.7 Å². The predicted octanol–water partition coefficient (Wildman–Crippen LogP) is 7.24. The van der Waals surface area contributed by atoms with Gasteiger partial charge in [-0.25, -0.2) is 18.4 Å². The molecule has 4 heterocycles. The van der Waals surface area contributed by atoms with Crippen molar-refractivity contribution in [3.8, 4) is 16.9 Å². The highest BCUT2D eigenvalue weighted by Crippen LogP contribution is 2.35. The summed E-state index contributed by atoms with van der Waals surface area (Å²) in [5.41, 5.74) is 7.37. The van der Waals surface area contributed by atoms with Gasteiger partial charge < -0.3 is 15.5 Å². The van der Waals surface area contributed by atoms with Gasteiger partial charge in [-0.2, -0.15) is 22.7 Å². The number of carboxylic acids is 1. The molecule has 2 aromatic heterocycles. The van der Waals surface area contributed by atoms with Crippen molar-refractivity contribution in [1.29, 1.82) is 0 Å². The number of aliphatic carboxylic acids is 1. The van der Waals surface area contributed by atoms with Crippen LogP contribution in [0.2, 0.25) is 0 Å². The van der Waals surface area contributed by atoms with Crippen molar-refractivity contribution in [2.24, 2.45) is 13.0 Å². The smallest absolute Gasteiger partial charge is 0.490 e. The van der Waals surface area contributed by atoms with Gasteiger partial charge in [0.2, 0.25) is 17.6 Å². The Morgan fingerprint density at radius 3 is 2.31 bits per heavy atom. The standard InChI is InChI=1S/C46H46F3N7O5.C2HF3O2/c1-53-39-19-26(6-13-37(39)56(46(53)61)38-14-15-40(57)51-45(38)60)3-2-17-54-18-16-28-7-8-29(20-32(28)24-54)30-9-10-31-25-55(52-36(31)21-30)33-11-4-27(5-12-33)23-50-44(59)34-22-35(47)43(58)42(49)41(34)48;3-2(4,5)1(6)7/h6-10,13,19-22,25,27,33,38,58H,2-5,11-12,14-18,23-24H2,1H3,(H,50,59)(H,51,57,60);(H,6,7)/t27?,33?,38-;/m1./s1. The van der Waals surface area contributed by atoms with Crippen molar-refractivity contribution in [2.45, 2.75) is 82.6 Å². The minimum Gasteiger partial charge on any atom is -0.503 e. The van der Waals surface area contributed by atoms with E-state index in [1.165, 1.54) is 15.7 Å². The molecular weight excluding hydrogens is 901 g/mol. The lowest BCUT2D eigenvalue weighted by Crippen LogP contribution is -2.44. The lowest BCUT2D eigenvalue weighted by molar-refractivity contribution is -0.192. The Balaban J connectivity index is 0.000000830. The van der Waals surface area contributed by atoms with Gasteiger partial charge in [0.15, 0.2) is 17.4 Å². The molecule has 2 fully saturated rings. The van der Waals surface area contributed by atoms with E-state index >= 15 is 0 Å². The number of alkyl halides is 3. The second-order valence-corrected chi connectivity index (χ2v) is 17.6. The van der Waals surface area contributed by atoms with Crippen LogP contribution in [0.5, 0.6) is 5.75 Å². The van der Waals surface area contributed by atoms with E-state index in [9.17, 15) is 50.6 Å². The van der Waals surface area contributed by atoms with Crippen LogP contribution in [-0.4, -0.2) is 83.5 Å². The molecule has 4 aromatic carbocycles. The number of piperidine rings is 1. The summed E-state index contributed by atoms with van der Waals surface area (Å²) in [5.74, 6) is -10.5. The molecule has 20 heteroatoms. The number of imidazole rings is 1.